The van der Waals surface area contributed by atoms with Gasteiger partial charge in [0.25, 0.3) is 5.91 Å². The third-order valence-corrected chi connectivity index (χ3v) is 4.06. The summed E-state index contributed by atoms with van der Waals surface area (Å²) in [5, 5.41) is 12.0. The number of carbonyl (C=O) groups excluding carboxylic acids is 1. The molecule has 1 saturated heterocycles. The Labute approximate surface area is 134 Å². The highest BCUT2D eigenvalue weighted by Gasteiger charge is 2.27. The summed E-state index contributed by atoms with van der Waals surface area (Å²) in [5.41, 5.74) is 2.00. The largest absolute Gasteiger partial charge is 0.372 e. The normalized spacial score (nSPS) is 20.7. The van der Waals surface area contributed by atoms with E-state index in [1.165, 1.54) is 0 Å². The van der Waals surface area contributed by atoms with Gasteiger partial charge >= 0.3 is 0 Å². The number of aryl methyl sites for hydroxylation is 1. The molecular formula is C17H18N4O2. The zero-order chi connectivity index (χ0) is 16.2. The Morgan fingerprint density at radius 2 is 2.39 bits per heavy atom. The summed E-state index contributed by atoms with van der Waals surface area (Å²) in [4.78, 5) is 16.5. The highest BCUT2D eigenvalue weighted by molar-refractivity contribution is 5.94. The van der Waals surface area contributed by atoms with E-state index in [0.717, 1.165) is 12.1 Å². The molecule has 2 aromatic rings. The second-order valence-corrected chi connectivity index (χ2v) is 5.68. The van der Waals surface area contributed by atoms with Gasteiger partial charge in [-0.3, -0.25) is 4.79 Å². The first-order valence-electron chi connectivity index (χ1n) is 7.56. The van der Waals surface area contributed by atoms with Crippen LogP contribution in [0.15, 0.2) is 36.8 Å². The van der Waals surface area contributed by atoms with Gasteiger partial charge in [0.1, 0.15) is 6.10 Å². The summed E-state index contributed by atoms with van der Waals surface area (Å²) in [7, 11) is 1.93. The van der Waals surface area contributed by atoms with Crippen molar-refractivity contribution >= 4 is 5.91 Å². The van der Waals surface area contributed by atoms with E-state index < -0.39 is 0 Å². The predicted molar refractivity (Wildman–Crippen MR) is 83.5 cm³/mol. The standard InChI is InChI=1S/C17H18N4O2/c1-21-11-19-10-15(21)16-8-14(5-6-23-16)20-17(22)13-4-2-3-12(7-13)9-18/h2-4,7,10-11,14,16H,5-6,8H2,1H3,(H,20,22)/t14-,16-/m0/s1. The number of imidazole rings is 1. The van der Waals surface area contributed by atoms with Gasteiger partial charge < -0.3 is 14.6 Å². The maximum absolute atomic E-state index is 12.4. The molecule has 0 radical (unpaired) electrons. The van der Waals surface area contributed by atoms with Crippen molar-refractivity contribution < 1.29 is 9.53 Å². The summed E-state index contributed by atoms with van der Waals surface area (Å²) in [5.74, 6) is -0.155. The van der Waals surface area contributed by atoms with Gasteiger partial charge in [0.2, 0.25) is 0 Å². The molecule has 0 saturated carbocycles. The van der Waals surface area contributed by atoms with Gasteiger partial charge in [-0.2, -0.15) is 5.26 Å². The first kappa shape index (κ1) is 15.3. The SMILES string of the molecule is Cn1cncc1[C@@H]1C[C@@H](NC(=O)c2cccc(C#N)c2)CCO1. The summed E-state index contributed by atoms with van der Waals surface area (Å²) in [6.45, 7) is 0.596. The van der Waals surface area contributed by atoms with Crippen LogP contribution in [0, 0.1) is 11.3 Å². The minimum atomic E-state index is -0.155. The minimum Gasteiger partial charge on any atom is -0.372 e. The van der Waals surface area contributed by atoms with Gasteiger partial charge in [-0.1, -0.05) is 6.07 Å². The molecule has 1 aliphatic heterocycles. The molecule has 1 fully saturated rings. The first-order chi connectivity index (χ1) is 11.2. The molecule has 1 aromatic heterocycles. The highest BCUT2D eigenvalue weighted by atomic mass is 16.5. The van der Waals surface area contributed by atoms with E-state index in [2.05, 4.69) is 10.3 Å². The quantitative estimate of drug-likeness (QED) is 0.939. The number of aromatic nitrogens is 2. The molecule has 3 rings (SSSR count). The molecule has 0 bridgehead atoms. The molecule has 6 heteroatoms. The third-order valence-electron chi connectivity index (χ3n) is 4.06. The number of nitrogens with one attached hydrogen (secondary N) is 1. The Hall–Kier alpha value is -2.65. The van der Waals surface area contributed by atoms with Crippen LogP contribution >= 0.6 is 0 Å². The van der Waals surface area contributed by atoms with Crippen LogP contribution in [0.25, 0.3) is 0 Å². The third kappa shape index (κ3) is 3.41. The molecular weight excluding hydrogens is 292 g/mol. The lowest BCUT2D eigenvalue weighted by Crippen LogP contribution is -2.40. The number of amides is 1. The molecule has 1 aromatic carbocycles. The number of ether oxygens (including phenoxy) is 1. The van der Waals surface area contributed by atoms with Crippen LogP contribution in [0.3, 0.4) is 0 Å². The lowest BCUT2D eigenvalue weighted by Gasteiger charge is -2.30. The zero-order valence-electron chi connectivity index (χ0n) is 12.9. The molecule has 1 aliphatic rings. The molecule has 0 unspecified atom stereocenters. The maximum Gasteiger partial charge on any atom is 0.251 e. The van der Waals surface area contributed by atoms with Crippen LogP contribution in [-0.4, -0.2) is 28.1 Å². The predicted octanol–water partition coefficient (Wildman–Crippen LogP) is 1.94. The average Bonchev–Trinajstić information content (AvgIpc) is 3.01. The number of benzene rings is 1. The van der Waals surface area contributed by atoms with Gasteiger partial charge in [-0.25, -0.2) is 4.98 Å². The van der Waals surface area contributed by atoms with E-state index in [9.17, 15) is 4.79 Å². The van der Waals surface area contributed by atoms with E-state index in [1.807, 2.05) is 17.7 Å². The summed E-state index contributed by atoms with van der Waals surface area (Å²) in [6.07, 6.45) is 4.97. The highest BCUT2D eigenvalue weighted by Crippen LogP contribution is 2.27. The van der Waals surface area contributed by atoms with Crippen molar-refractivity contribution in [2.75, 3.05) is 6.61 Å². The maximum atomic E-state index is 12.4. The average molecular weight is 310 g/mol. The molecule has 23 heavy (non-hydrogen) atoms. The van der Waals surface area contributed by atoms with Gasteiger partial charge in [0.15, 0.2) is 0 Å². The Kier molecular flexibility index (Phi) is 4.40. The number of hydrogen-bond donors (Lipinski definition) is 1. The van der Waals surface area contributed by atoms with Crippen molar-refractivity contribution in [2.45, 2.75) is 25.0 Å². The van der Waals surface area contributed by atoms with Crippen molar-refractivity contribution in [1.82, 2.24) is 14.9 Å². The Bertz CT molecular complexity index is 747. The van der Waals surface area contributed by atoms with Gasteiger partial charge in [-0.05, 0) is 31.0 Å². The van der Waals surface area contributed by atoms with E-state index in [1.54, 1.807) is 36.8 Å². The van der Waals surface area contributed by atoms with Crippen molar-refractivity contribution in [3.8, 4) is 6.07 Å². The number of carbonyl (C=O) groups is 1. The fourth-order valence-electron chi connectivity index (χ4n) is 2.81. The lowest BCUT2D eigenvalue weighted by atomic mass is 10.0. The summed E-state index contributed by atoms with van der Waals surface area (Å²) < 4.78 is 7.74. The van der Waals surface area contributed by atoms with Crippen LogP contribution in [0.2, 0.25) is 0 Å². The zero-order valence-corrected chi connectivity index (χ0v) is 12.9. The van der Waals surface area contributed by atoms with Gasteiger partial charge in [0, 0.05) is 25.3 Å². The fraction of sp³-hybridized carbons (Fsp3) is 0.353. The molecule has 0 spiro atoms. The Balaban J connectivity index is 1.66. The Morgan fingerprint density at radius 3 is 3.13 bits per heavy atom. The first-order valence-corrected chi connectivity index (χ1v) is 7.56. The summed E-state index contributed by atoms with van der Waals surface area (Å²) in [6, 6.07) is 8.81. The van der Waals surface area contributed by atoms with Crippen LogP contribution < -0.4 is 5.32 Å². The van der Waals surface area contributed by atoms with Gasteiger partial charge in [0.05, 0.1) is 29.9 Å². The van der Waals surface area contributed by atoms with Crippen molar-refractivity contribution in [3.63, 3.8) is 0 Å². The van der Waals surface area contributed by atoms with Gasteiger partial charge in [-0.15, -0.1) is 0 Å². The lowest BCUT2D eigenvalue weighted by molar-refractivity contribution is -0.00301. The number of nitriles is 1. The molecule has 2 atom stereocenters. The number of hydrogen-bond acceptors (Lipinski definition) is 4. The van der Waals surface area contributed by atoms with Crippen LogP contribution in [-0.2, 0) is 11.8 Å². The van der Waals surface area contributed by atoms with E-state index in [-0.39, 0.29) is 18.1 Å². The topological polar surface area (TPSA) is 79.9 Å². The van der Waals surface area contributed by atoms with Crippen LogP contribution in [0.1, 0.15) is 40.6 Å². The van der Waals surface area contributed by atoms with Crippen LogP contribution in [0.5, 0.6) is 0 Å². The van der Waals surface area contributed by atoms with E-state index >= 15 is 0 Å². The van der Waals surface area contributed by atoms with Crippen molar-refractivity contribution in [3.05, 3.63) is 53.6 Å². The summed E-state index contributed by atoms with van der Waals surface area (Å²) >= 11 is 0. The number of rotatable bonds is 3. The smallest absolute Gasteiger partial charge is 0.251 e. The molecule has 1 amide bonds. The second kappa shape index (κ2) is 6.63. The molecule has 118 valence electrons. The molecule has 1 N–H and O–H groups in total. The monoisotopic (exact) mass is 310 g/mol. The molecule has 2 heterocycles. The fourth-order valence-corrected chi connectivity index (χ4v) is 2.81. The second-order valence-electron chi connectivity index (χ2n) is 5.68. The van der Waals surface area contributed by atoms with Crippen LogP contribution in [0.4, 0.5) is 0 Å². The molecule has 6 nitrogen and oxygen atoms in total. The minimum absolute atomic E-state index is 0.0434. The van der Waals surface area contributed by atoms with E-state index in [0.29, 0.717) is 24.2 Å². The Morgan fingerprint density at radius 1 is 1.52 bits per heavy atom. The van der Waals surface area contributed by atoms with Crippen molar-refractivity contribution in [1.29, 1.82) is 5.26 Å². The van der Waals surface area contributed by atoms with Crippen molar-refractivity contribution in [2.24, 2.45) is 7.05 Å². The number of nitrogens with zero attached hydrogens (tertiary/aromatic N) is 3. The molecule has 0 aliphatic carbocycles. The van der Waals surface area contributed by atoms with E-state index in [4.69, 9.17) is 10.00 Å².